The molecule has 4 aromatic rings. The van der Waals surface area contributed by atoms with Crippen molar-refractivity contribution >= 4 is 17.6 Å². The number of ketones is 2. The fourth-order valence-corrected chi connectivity index (χ4v) is 4.49. The second kappa shape index (κ2) is 9.67. The Kier molecular flexibility index (Phi) is 6.22. The lowest BCUT2D eigenvalue weighted by atomic mass is 9.83. The van der Waals surface area contributed by atoms with Crippen molar-refractivity contribution in [2.45, 2.75) is 12.0 Å². The molecule has 0 bridgehead atoms. The molecule has 1 aliphatic rings. The van der Waals surface area contributed by atoms with Crippen LogP contribution in [0.1, 0.15) is 49.4 Å². The van der Waals surface area contributed by atoms with Crippen LogP contribution in [-0.2, 0) is 0 Å². The second-order valence-electron chi connectivity index (χ2n) is 8.84. The van der Waals surface area contributed by atoms with E-state index in [0.29, 0.717) is 11.1 Å². The Hall–Kier alpha value is -5.24. The molecule has 2 atom stereocenters. The van der Waals surface area contributed by atoms with Crippen molar-refractivity contribution in [2.24, 2.45) is 0 Å². The Morgan fingerprint density at radius 2 is 1.29 bits per heavy atom. The van der Waals surface area contributed by atoms with Gasteiger partial charge in [0.1, 0.15) is 40.6 Å². The van der Waals surface area contributed by atoms with Gasteiger partial charge in [-0.05, 0) is 65.7 Å². The first kappa shape index (κ1) is 24.5. The van der Waals surface area contributed by atoms with Gasteiger partial charge in [0.05, 0.1) is 22.6 Å². The molecule has 0 fully saturated rings. The zero-order valence-corrected chi connectivity index (χ0v) is 19.8. The predicted octanol–water partition coefficient (Wildman–Crippen LogP) is 5.21. The molecule has 8 heteroatoms. The number of fused-ring (bicyclic) bond motifs is 1. The number of phenolic OH excluding ortho intramolecular Hbond substituents is 5. The number of hydrogen-bond acceptors (Lipinski definition) is 8. The summed E-state index contributed by atoms with van der Waals surface area (Å²) >= 11 is 0. The number of ether oxygens (including phenoxy) is 1. The Balaban J connectivity index is 1.60. The number of hydrogen-bond donors (Lipinski definition) is 5. The first-order valence-corrected chi connectivity index (χ1v) is 11.6. The molecule has 38 heavy (non-hydrogen) atoms. The van der Waals surface area contributed by atoms with E-state index in [0.717, 1.165) is 6.07 Å². The molecule has 8 nitrogen and oxygen atoms in total. The van der Waals surface area contributed by atoms with Crippen LogP contribution in [0.3, 0.4) is 0 Å². The first-order valence-electron chi connectivity index (χ1n) is 11.6. The molecule has 5 rings (SSSR count). The quantitative estimate of drug-likeness (QED) is 0.176. The number of Topliss-reactive ketones (excluding diaryl/α,β-unsaturated/α-hetero) is 1. The highest BCUT2D eigenvalue weighted by Crippen LogP contribution is 2.53. The van der Waals surface area contributed by atoms with Crippen molar-refractivity contribution in [3.8, 4) is 34.5 Å². The Bertz CT molecular complexity index is 1570. The summed E-state index contributed by atoms with van der Waals surface area (Å²) in [5, 5.41) is 50.1. The molecule has 1 heterocycles. The number of rotatable bonds is 6. The van der Waals surface area contributed by atoms with Crippen LogP contribution in [0.15, 0.2) is 84.9 Å². The standard InChI is InChI=1S/C30H22O8/c31-18-6-1-16(2-7-18)3-13-23(34)22-12-14-24(35)26-27(28(37)21-11-10-20(33)15-25(21)36)29(38-30(22)26)17-4-8-19(32)9-5-17/h1-15,27,29,31-33,35-36H/b13-3+. The van der Waals surface area contributed by atoms with E-state index in [2.05, 4.69) is 0 Å². The summed E-state index contributed by atoms with van der Waals surface area (Å²) in [5.74, 6) is -3.02. The topological polar surface area (TPSA) is 145 Å². The number of carbonyl (C=O) groups excluding carboxylic acids is 2. The van der Waals surface area contributed by atoms with E-state index < -0.39 is 29.3 Å². The Morgan fingerprint density at radius 3 is 1.95 bits per heavy atom. The van der Waals surface area contributed by atoms with E-state index >= 15 is 0 Å². The van der Waals surface area contributed by atoms with Crippen molar-refractivity contribution in [1.82, 2.24) is 0 Å². The van der Waals surface area contributed by atoms with Crippen LogP contribution < -0.4 is 4.74 Å². The van der Waals surface area contributed by atoms with Gasteiger partial charge in [0.2, 0.25) is 0 Å². The maximum Gasteiger partial charge on any atom is 0.189 e. The van der Waals surface area contributed by atoms with Gasteiger partial charge in [-0.3, -0.25) is 9.59 Å². The number of allylic oxidation sites excluding steroid dienone is 1. The maximum atomic E-state index is 13.8. The fraction of sp³-hybridized carbons (Fsp3) is 0.0667. The average molecular weight is 510 g/mol. The van der Waals surface area contributed by atoms with Gasteiger partial charge in [0, 0.05) is 6.07 Å². The predicted molar refractivity (Wildman–Crippen MR) is 138 cm³/mol. The van der Waals surface area contributed by atoms with Crippen molar-refractivity contribution in [3.05, 3.63) is 113 Å². The molecular formula is C30H22O8. The van der Waals surface area contributed by atoms with Gasteiger partial charge >= 0.3 is 0 Å². The number of carbonyl (C=O) groups is 2. The molecule has 0 spiro atoms. The largest absolute Gasteiger partial charge is 0.508 e. The monoisotopic (exact) mass is 510 g/mol. The zero-order chi connectivity index (χ0) is 27.0. The minimum absolute atomic E-state index is 0.00130. The van der Waals surface area contributed by atoms with Crippen molar-refractivity contribution in [1.29, 1.82) is 0 Å². The Morgan fingerprint density at radius 1 is 0.684 bits per heavy atom. The summed E-state index contributed by atoms with van der Waals surface area (Å²) in [5.41, 5.74) is 1.26. The van der Waals surface area contributed by atoms with Crippen LogP contribution in [0.4, 0.5) is 0 Å². The third kappa shape index (κ3) is 4.51. The molecule has 0 saturated carbocycles. The lowest BCUT2D eigenvalue weighted by molar-refractivity contribution is 0.0891. The summed E-state index contributed by atoms with van der Waals surface area (Å²) in [6, 6.07) is 18.5. The molecule has 0 amide bonds. The van der Waals surface area contributed by atoms with Crippen LogP contribution >= 0.6 is 0 Å². The SMILES string of the molecule is O=C(/C=C/c1ccc(O)cc1)c1ccc(O)c2c1OC(c1ccc(O)cc1)C2C(=O)c1ccc(O)cc1O. The fourth-order valence-electron chi connectivity index (χ4n) is 4.49. The molecule has 1 aliphatic heterocycles. The summed E-state index contributed by atoms with van der Waals surface area (Å²) in [7, 11) is 0. The molecule has 2 unspecified atom stereocenters. The van der Waals surface area contributed by atoms with Gasteiger partial charge in [-0.15, -0.1) is 0 Å². The second-order valence-corrected chi connectivity index (χ2v) is 8.84. The highest BCUT2D eigenvalue weighted by Gasteiger charge is 2.45. The van der Waals surface area contributed by atoms with Gasteiger partial charge in [0.25, 0.3) is 0 Å². The van der Waals surface area contributed by atoms with Crippen molar-refractivity contribution < 1.29 is 39.9 Å². The van der Waals surface area contributed by atoms with E-state index in [9.17, 15) is 35.1 Å². The lowest BCUT2D eigenvalue weighted by Crippen LogP contribution is -2.19. The summed E-state index contributed by atoms with van der Waals surface area (Å²) in [6.45, 7) is 0. The highest BCUT2D eigenvalue weighted by atomic mass is 16.5. The van der Waals surface area contributed by atoms with Gasteiger partial charge in [0.15, 0.2) is 11.6 Å². The van der Waals surface area contributed by atoms with Gasteiger partial charge in [-0.2, -0.15) is 0 Å². The van der Waals surface area contributed by atoms with Crippen LogP contribution in [-0.4, -0.2) is 37.1 Å². The summed E-state index contributed by atoms with van der Waals surface area (Å²) in [6.07, 6.45) is 1.89. The van der Waals surface area contributed by atoms with Gasteiger partial charge < -0.3 is 30.3 Å². The van der Waals surface area contributed by atoms with Crippen LogP contribution in [0, 0.1) is 0 Å². The van der Waals surface area contributed by atoms with E-state index in [1.165, 1.54) is 54.6 Å². The molecule has 4 aromatic carbocycles. The number of phenols is 5. The Labute approximate surface area is 217 Å². The normalized spacial score (nSPS) is 16.2. The van der Waals surface area contributed by atoms with E-state index in [1.54, 1.807) is 30.3 Å². The molecule has 190 valence electrons. The summed E-state index contributed by atoms with van der Waals surface area (Å²) < 4.78 is 6.17. The minimum atomic E-state index is -1.15. The van der Waals surface area contributed by atoms with Crippen LogP contribution in [0.25, 0.3) is 6.08 Å². The number of aromatic hydroxyl groups is 5. The smallest absolute Gasteiger partial charge is 0.189 e. The molecule has 0 aliphatic carbocycles. The molecular weight excluding hydrogens is 488 g/mol. The third-order valence-corrected chi connectivity index (χ3v) is 6.37. The third-order valence-electron chi connectivity index (χ3n) is 6.37. The molecule has 5 N–H and O–H groups in total. The van der Waals surface area contributed by atoms with E-state index in [1.807, 2.05) is 0 Å². The van der Waals surface area contributed by atoms with Gasteiger partial charge in [-0.1, -0.05) is 30.3 Å². The minimum Gasteiger partial charge on any atom is -0.508 e. The van der Waals surface area contributed by atoms with Crippen molar-refractivity contribution in [3.63, 3.8) is 0 Å². The lowest BCUT2D eigenvalue weighted by Gasteiger charge is -2.19. The maximum absolute atomic E-state index is 13.8. The van der Waals surface area contributed by atoms with E-state index in [4.69, 9.17) is 4.74 Å². The average Bonchev–Trinajstić information content (AvgIpc) is 3.30. The highest BCUT2D eigenvalue weighted by molar-refractivity contribution is 6.11. The molecule has 0 radical (unpaired) electrons. The molecule has 0 saturated heterocycles. The van der Waals surface area contributed by atoms with Crippen LogP contribution in [0.2, 0.25) is 0 Å². The number of benzene rings is 4. The van der Waals surface area contributed by atoms with E-state index in [-0.39, 0.29) is 45.4 Å². The van der Waals surface area contributed by atoms with Gasteiger partial charge in [-0.25, -0.2) is 0 Å². The summed E-state index contributed by atoms with van der Waals surface area (Å²) in [4.78, 5) is 27.0. The first-order chi connectivity index (χ1) is 18.2. The molecule has 0 aromatic heterocycles. The van der Waals surface area contributed by atoms with Crippen LogP contribution in [0.5, 0.6) is 34.5 Å². The van der Waals surface area contributed by atoms with Crippen molar-refractivity contribution in [2.75, 3.05) is 0 Å². The zero-order valence-electron chi connectivity index (χ0n) is 19.8.